The standard InChI is InChI=1S/C28H31FN4O3/c1-18(30-2)27(35)32-24-12-13-25(20-6-4-3-5-7-20)33(28(24)36)17-19-14-22(16-31-15-19)26(34)21-8-10-23(29)11-9-21/h8-16,18,20,30H,3-7,17H2,1-2H3,(H,32,35)/t18-/m1/s1. The molecule has 1 amide bonds. The Morgan fingerprint density at radius 2 is 1.78 bits per heavy atom. The molecule has 0 spiro atoms. The van der Waals surface area contributed by atoms with Crippen LogP contribution in [0.3, 0.4) is 0 Å². The number of benzene rings is 1. The minimum atomic E-state index is -0.450. The molecule has 1 saturated carbocycles. The van der Waals surface area contributed by atoms with E-state index in [1.165, 1.54) is 36.9 Å². The average Bonchev–Trinajstić information content (AvgIpc) is 2.91. The lowest BCUT2D eigenvalue weighted by atomic mass is 9.86. The maximum atomic E-state index is 13.6. The normalized spacial score (nSPS) is 14.9. The molecular weight excluding hydrogens is 459 g/mol. The van der Waals surface area contributed by atoms with Crippen molar-refractivity contribution in [3.05, 3.63) is 93.4 Å². The Morgan fingerprint density at radius 1 is 1.06 bits per heavy atom. The Hall–Kier alpha value is -3.65. The first kappa shape index (κ1) is 25.4. The zero-order valence-electron chi connectivity index (χ0n) is 20.6. The van der Waals surface area contributed by atoms with Crippen LogP contribution in [-0.2, 0) is 11.3 Å². The van der Waals surface area contributed by atoms with Crippen LogP contribution in [0, 0.1) is 5.82 Å². The summed E-state index contributed by atoms with van der Waals surface area (Å²) in [5.41, 5.74) is 2.26. The summed E-state index contributed by atoms with van der Waals surface area (Å²) in [6.45, 7) is 1.94. The number of hydrogen-bond donors (Lipinski definition) is 2. The summed E-state index contributed by atoms with van der Waals surface area (Å²) in [6.07, 6.45) is 8.52. The van der Waals surface area contributed by atoms with E-state index in [9.17, 15) is 18.8 Å². The fraction of sp³-hybridized carbons (Fsp3) is 0.357. The van der Waals surface area contributed by atoms with Gasteiger partial charge >= 0.3 is 0 Å². The molecule has 2 N–H and O–H groups in total. The number of halogens is 1. The number of carbonyl (C=O) groups excluding carboxylic acids is 2. The number of nitrogens with one attached hydrogen (secondary N) is 2. The van der Waals surface area contributed by atoms with Gasteiger partial charge in [-0.05, 0) is 80.8 Å². The van der Waals surface area contributed by atoms with E-state index in [1.54, 1.807) is 36.9 Å². The van der Waals surface area contributed by atoms with Gasteiger partial charge in [-0.15, -0.1) is 0 Å². The highest BCUT2D eigenvalue weighted by Gasteiger charge is 2.22. The van der Waals surface area contributed by atoms with Crippen LogP contribution < -0.4 is 16.2 Å². The van der Waals surface area contributed by atoms with Crippen molar-refractivity contribution in [3.63, 3.8) is 0 Å². The van der Waals surface area contributed by atoms with Crippen LogP contribution in [0.1, 0.15) is 72.1 Å². The Bertz CT molecular complexity index is 1300. The summed E-state index contributed by atoms with van der Waals surface area (Å²) < 4.78 is 15.0. The van der Waals surface area contributed by atoms with Gasteiger partial charge in [0, 0.05) is 29.2 Å². The smallest absolute Gasteiger partial charge is 0.274 e. The summed E-state index contributed by atoms with van der Waals surface area (Å²) in [5.74, 6) is -0.722. The van der Waals surface area contributed by atoms with Crippen molar-refractivity contribution in [2.45, 2.75) is 57.5 Å². The molecule has 0 unspecified atom stereocenters. The van der Waals surface area contributed by atoms with E-state index in [2.05, 4.69) is 15.6 Å². The van der Waals surface area contributed by atoms with Gasteiger partial charge in [-0.1, -0.05) is 19.3 Å². The second-order valence-corrected chi connectivity index (χ2v) is 9.32. The number of anilines is 1. The van der Waals surface area contributed by atoms with E-state index in [0.29, 0.717) is 16.7 Å². The highest BCUT2D eigenvalue weighted by atomic mass is 19.1. The Balaban J connectivity index is 1.68. The molecule has 0 saturated heterocycles. The number of hydrogen-bond acceptors (Lipinski definition) is 5. The minimum absolute atomic E-state index is 0.216. The van der Waals surface area contributed by atoms with E-state index in [0.717, 1.165) is 31.4 Å². The number of rotatable bonds is 8. The largest absolute Gasteiger partial charge is 0.320 e. The lowest BCUT2D eigenvalue weighted by molar-refractivity contribution is -0.117. The van der Waals surface area contributed by atoms with E-state index in [4.69, 9.17) is 0 Å². The van der Waals surface area contributed by atoms with E-state index < -0.39 is 11.9 Å². The number of aromatic nitrogens is 2. The number of carbonyl (C=O) groups is 2. The molecule has 7 nitrogen and oxygen atoms in total. The number of nitrogens with zero attached hydrogens (tertiary/aromatic N) is 2. The first-order chi connectivity index (χ1) is 17.4. The molecule has 1 aliphatic rings. The van der Waals surface area contributed by atoms with Gasteiger partial charge in [0.2, 0.25) is 5.91 Å². The van der Waals surface area contributed by atoms with Gasteiger partial charge in [0.25, 0.3) is 5.56 Å². The monoisotopic (exact) mass is 490 g/mol. The molecular formula is C28H31FN4O3. The topological polar surface area (TPSA) is 93.1 Å². The maximum Gasteiger partial charge on any atom is 0.274 e. The maximum absolute atomic E-state index is 13.6. The van der Waals surface area contributed by atoms with E-state index in [1.807, 2.05) is 6.07 Å². The molecule has 1 atom stereocenters. The van der Waals surface area contributed by atoms with E-state index >= 15 is 0 Å². The van der Waals surface area contributed by atoms with Crippen molar-refractivity contribution in [2.24, 2.45) is 0 Å². The van der Waals surface area contributed by atoms with Crippen LogP contribution in [0.2, 0.25) is 0 Å². The first-order valence-corrected chi connectivity index (χ1v) is 12.3. The SMILES string of the molecule is CN[C@H](C)C(=O)Nc1ccc(C2CCCCC2)n(Cc2cncc(C(=O)c3ccc(F)cc3)c2)c1=O. The number of likely N-dealkylation sites (N-methyl/N-ethyl adjacent to an activating group) is 1. The molecule has 2 aromatic heterocycles. The average molecular weight is 491 g/mol. The van der Waals surface area contributed by atoms with Crippen molar-refractivity contribution >= 4 is 17.4 Å². The van der Waals surface area contributed by atoms with Crippen molar-refractivity contribution in [1.29, 1.82) is 0 Å². The molecule has 1 aromatic carbocycles. The Morgan fingerprint density at radius 3 is 2.47 bits per heavy atom. The quantitative estimate of drug-likeness (QED) is 0.461. The summed E-state index contributed by atoms with van der Waals surface area (Å²) in [5, 5.41) is 5.61. The second kappa shape index (κ2) is 11.4. The predicted molar refractivity (Wildman–Crippen MR) is 137 cm³/mol. The van der Waals surface area contributed by atoms with Gasteiger partial charge in [0.05, 0.1) is 12.6 Å². The molecule has 36 heavy (non-hydrogen) atoms. The molecule has 188 valence electrons. The molecule has 4 rings (SSSR count). The Labute approximate surface area is 209 Å². The summed E-state index contributed by atoms with van der Waals surface area (Å²) in [4.78, 5) is 43.2. The summed E-state index contributed by atoms with van der Waals surface area (Å²) >= 11 is 0. The zero-order valence-corrected chi connectivity index (χ0v) is 20.6. The van der Waals surface area contributed by atoms with Crippen LogP contribution in [0.15, 0.2) is 59.7 Å². The van der Waals surface area contributed by atoms with Crippen LogP contribution in [0.4, 0.5) is 10.1 Å². The first-order valence-electron chi connectivity index (χ1n) is 12.3. The van der Waals surface area contributed by atoms with Crippen LogP contribution in [0.5, 0.6) is 0 Å². The second-order valence-electron chi connectivity index (χ2n) is 9.32. The van der Waals surface area contributed by atoms with Crippen LogP contribution >= 0.6 is 0 Å². The van der Waals surface area contributed by atoms with Gasteiger partial charge < -0.3 is 15.2 Å². The number of amides is 1. The number of pyridine rings is 2. The summed E-state index contributed by atoms with van der Waals surface area (Å²) in [7, 11) is 1.68. The van der Waals surface area contributed by atoms with E-state index in [-0.39, 0.29) is 35.4 Å². The van der Waals surface area contributed by atoms with Crippen molar-refractivity contribution < 1.29 is 14.0 Å². The third kappa shape index (κ3) is 5.76. The van der Waals surface area contributed by atoms with Crippen molar-refractivity contribution in [2.75, 3.05) is 12.4 Å². The van der Waals surface area contributed by atoms with Gasteiger partial charge in [0.1, 0.15) is 11.5 Å². The lowest BCUT2D eigenvalue weighted by Gasteiger charge is -2.26. The summed E-state index contributed by atoms with van der Waals surface area (Å²) in [6, 6.07) is 10.2. The fourth-order valence-corrected chi connectivity index (χ4v) is 4.63. The molecule has 0 aliphatic heterocycles. The molecule has 3 aromatic rings. The molecule has 8 heteroatoms. The van der Waals surface area contributed by atoms with Gasteiger partial charge in [0.15, 0.2) is 5.78 Å². The molecule has 0 bridgehead atoms. The van der Waals surface area contributed by atoms with Crippen LogP contribution in [0.25, 0.3) is 0 Å². The van der Waals surface area contributed by atoms with Crippen LogP contribution in [-0.4, -0.2) is 34.3 Å². The third-order valence-corrected chi connectivity index (χ3v) is 6.82. The molecule has 2 heterocycles. The van der Waals surface area contributed by atoms with Gasteiger partial charge in [-0.2, -0.15) is 0 Å². The van der Waals surface area contributed by atoms with Gasteiger partial charge in [-0.3, -0.25) is 19.4 Å². The zero-order chi connectivity index (χ0) is 25.7. The molecule has 1 fully saturated rings. The predicted octanol–water partition coefficient (Wildman–Crippen LogP) is 4.26. The number of ketones is 1. The van der Waals surface area contributed by atoms with Gasteiger partial charge in [-0.25, -0.2) is 4.39 Å². The highest BCUT2D eigenvalue weighted by Crippen LogP contribution is 2.32. The molecule has 0 radical (unpaired) electrons. The third-order valence-electron chi connectivity index (χ3n) is 6.82. The molecule has 1 aliphatic carbocycles. The lowest BCUT2D eigenvalue weighted by Crippen LogP contribution is -2.38. The fourth-order valence-electron chi connectivity index (χ4n) is 4.63. The van der Waals surface area contributed by atoms with Crippen molar-refractivity contribution in [3.8, 4) is 0 Å². The minimum Gasteiger partial charge on any atom is -0.320 e. The van der Waals surface area contributed by atoms with Crippen molar-refractivity contribution in [1.82, 2.24) is 14.9 Å². The highest BCUT2D eigenvalue weighted by molar-refractivity contribution is 6.08. The Kier molecular flexibility index (Phi) is 8.05.